The zero-order valence-corrected chi connectivity index (χ0v) is 13.3. The summed E-state index contributed by atoms with van der Waals surface area (Å²) in [5.41, 5.74) is 1.46. The highest BCUT2D eigenvalue weighted by Gasteiger charge is 2.42. The molecule has 0 atom stereocenters. The van der Waals surface area contributed by atoms with Crippen molar-refractivity contribution in [3.8, 4) is 0 Å². The summed E-state index contributed by atoms with van der Waals surface area (Å²) in [7, 11) is 0. The summed E-state index contributed by atoms with van der Waals surface area (Å²) in [5.74, 6) is 1.37. The molecule has 0 bridgehead atoms. The summed E-state index contributed by atoms with van der Waals surface area (Å²) in [4.78, 5) is 12.1. The number of aliphatic hydroxyl groups excluding tert-OH is 1. The highest BCUT2D eigenvalue weighted by atomic mass is 16.3. The molecule has 1 aromatic carbocycles. The fourth-order valence-electron chi connectivity index (χ4n) is 3.61. The lowest BCUT2D eigenvalue weighted by molar-refractivity contribution is -0.122. The van der Waals surface area contributed by atoms with Gasteiger partial charge in [0.2, 0.25) is 5.91 Å². The maximum absolute atomic E-state index is 12.1. The predicted octanol–water partition coefficient (Wildman–Crippen LogP) is 3.24. The van der Waals surface area contributed by atoms with Gasteiger partial charge in [0.25, 0.3) is 0 Å². The van der Waals surface area contributed by atoms with E-state index in [0.29, 0.717) is 24.8 Å². The van der Waals surface area contributed by atoms with Crippen molar-refractivity contribution in [1.29, 1.82) is 0 Å². The van der Waals surface area contributed by atoms with E-state index in [-0.39, 0.29) is 17.9 Å². The van der Waals surface area contributed by atoms with Crippen LogP contribution in [0.15, 0.2) is 30.3 Å². The maximum Gasteiger partial charge on any atom is 0.220 e. The Labute approximate surface area is 133 Å². The zero-order valence-electron chi connectivity index (χ0n) is 13.3. The topological polar surface area (TPSA) is 49.3 Å². The molecule has 0 heterocycles. The second-order valence-corrected chi connectivity index (χ2v) is 7.27. The van der Waals surface area contributed by atoms with E-state index < -0.39 is 0 Å². The summed E-state index contributed by atoms with van der Waals surface area (Å²) in [6.45, 7) is 0.858. The van der Waals surface area contributed by atoms with Crippen LogP contribution in [0.25, 0.3) is 0 Å². The average Bonchev–Trinajstić information content (AvgIpc) is 3.35. The van der Waals surface area contributed by atoms with Gasteiger partial charge in [-0.1, -0.05) is 30.3 Å². The van der Waals surface area contributed by atoms with Gasteiger partial charge in [-0.05, 0) is 55.9 Å². The van der Waals surface area contributed by atoms with E-state index in [1.165, 1.54) is 18.4 Å². The number of nitrogens with one attached hydrogen (secondary N) is 1. The zero-order chi connectivity index (χ0) is 15.4. The minimum Gasteiger partial charge on any atom is -0.396 e. The molecule has 2 saturated carbocycles. The second-order valence-electron chi connectivity index (χ2n) is 7.27. The molecule has 0 aliphatic heterocycles. The molecule has 1 aromatic rings. The van der Waals surface area contributed by atoms with Gasteiger partial charge in [0, 0.05) is 18.4 Å². The van der Waals surface area contributed by atoms with Crippen LogP contribution in [0.4, 0.5) is 0 Å². The van der Waals surface area contributed by atoms with E-state index in [2.05, 4.69) is 35.6 Å². The summed E-state index contributed by atoms with van der Waals surface area (Å²) in [6, 6.07) is 10.7. The van der Waals surface area contributed by atoms with Gasteiger partial charge in [-0.15, -0.1) is 0 Å². The van der Waals surface area contributed by atoms with E-state index >= 15 is 0 Å². The SMILES string of the molecule is O=C(CC1CCC(c2ccccc2)CC1)NCC1(CO)CC1. The Morgan fingerprint density at radius 2 is 1.82 bits per heavy atom. The second kappa shape index (κ2) is 6.82. The summed E-state index contributed by atoms with van der Waals surface area (Å²) in [5, 5.41) is 12.3. The van der Waals surface area contributed by atoms with Gasteiger partial charge in [0.05, 0.1) is 6.61 Å². The van der Waals surface area contributed by atoms with Crippen LogP contribution in [-0.4, -0.2) is 24.2 Å². The molecule has 0 saturated heterocycles. The van der Waals surface area contributed by atoms with Gasteiger partial charge in [0.1, 0.15) is 0 Å². The number of rotatable bonds is 6. The van der Waals surface area contributed by atoms with E-state index in [9.17, 15) is 9.90 Å². The third-order valence-electron chi connectivity index (χ3n) is 5.54. The number of benzene rings is 1. The fourth-order valence-corrected chi connectivity index (χ4v) is 3.61. The Morgan fingerprint density at radius 3 is 2.41 bits per heavy atom. The number of amides is 1. The Balaban J connectivity index is 1.39. The number of hydrogen-bond acceptors (Lipinski definition) is 2. The van der Waals surface area contributed by atoms with Crippen molar-refractivity contribution in [2.45, 2.75) is 50.9 Å². The molecule has 0 unspecified atom stereocenters. The third kappa shape index (κ3) is 3.89. The van der Waals surface area contributed by atoms with Crippen LogP contribution in [0, 0.1) is 11.3 Å². The smallest absolute Gasteiger partial charge is 0.220 e. The van der Waals surface area contributed by atoms with Crippen LogP contribution in [-0.2, 0) is 4.79 Å². The molecule has 120 valence electrons. The molecule has 3 heteroatoms. The van der Waals surface area contributed by atoms with Crippen LogP contribution in [0.5, 0.6) is 0 Å². The monoisotopic (exact) mass is 301 g/mol. The van der Waals surface area contributed by atoms with Gasteiger partial charge in [-0.2, -0.15) is 0 Å². The molecule has 2 N–H and O–H groups in total. The van der Waals surface area contributed by atoms with Crippen molar-refractivity contribution < 1.29 is 9.90 Å². The fraction of sp³-hybridized carbons (Fsp3) is 0.632. The Morgan fingerprint density at radius 1 is 1.14 bits per heavy atom. The predicted molar refractivity (Wildman–Crippen MR) is 87.5 cm³/mol. The molecular weight excluding hydrogens is 274 g/mol. The Kier molecular flexibility index (Phi) is 4.82. The lowest BCUT2D eigenvalue weighted by Gasteiger charge is -2.28. The first kappa shape index (κ1) is 15.5. The summed E-state index contributed by atoms with van der Waals surface area (Å²) in [6.07, 6.45) is 7.45. The number of hydrogen-bond donors (Lipinski definition) is 2. The van der Waals surface area contributed by atoms with Crippen LogP contribution in [0.2, 0.25) is 0 Å². The number of aliphatic hydroxyl groups is 1. The normalized spacial score (nSPS) is 26.4. The molecule has 0 aromatic heterocycles. The highest BCUT2D eigenvalue weighted by Crippen LogP contribution is 2.44. The van der Waals surface area contributed by atoms with Crippen molar-refractivity contribution in [3.05, 3.63) is 35.9 Å². The van der Waals surface area contributed by atoms with Crippen molar-refractivity contribution in [3.63, 3.8) is 0 Å². The molecule has 0 spiro atoms. The first-order chi connectivity index (χ1) is 10.7. The first-order valence-corrected chi connectivity index (χ1v) is 8.63. The molecule has 3 nitrogen and oxygen atoms in total. The van der Waals surface area contributed by atoms with Gasteiger partial charge in [-0.25, -0.2) is 0 Å². The molecule has 22 heavy (non-hydrogen) atoms. The minimum absolute atomic E-state index is 0.0145. The average molecular weight is 301 g/mol. The maximum atomic E-state index is 12.1. The van der Waals surface area contributed by atoms with Crippen molar-refractivity contribution in [1.82, 2.24) is 5.32 Å². The largest absolute Gasteiger partial charge is 0.396 e. The molecule has 3 rings (SSSR count). The molecule has 0 radical (unpaired) electrons. The number of carbonyl (C=O) groups excluding carboxylic acids is 1. The quantitative estimate of drug-likeness (QED) is 0.847. The lowest BCUT2D eigenvalue weighted by Crippen LogP contribution is -2.33. The van der Waals surface area contributed by atoms with Gasteiger partial charge in [0.15, 0.2) is 0 Å². The number of carbonyl (C=O) groups is 1. The summed E-state index contributed by atoms with van der Waals surface area (Å²) >= 11 is 0. The van der Waals surface area contributed by atoms with Crippen LogP contribution in [0.3, 0.4) is 0 Å². The molecule has 2 aliphatic carbocycles. The Hall–Kier alpha value is -1.35. The van der Waals surface area contributed by atoms with E-state index in [4.69, 9.17) is 0 Å². The van der Waals surface area contributed by atoms with E-state index in [1.807, 2.05) is 0 Å². The molecular formula is C19H27NO2. The van der Waals surface area contributed by atoms with Crippen molar-refractivity contribution in [2.75, 3.05) is 13.2 Å². The van der Waals surface area contributed by atoms with Gasteiger partial charge >= 0.3 is 0 Å². The molecule has 2 aliphatic rings. The first-order valence-electron chi connectivity index (χ1n) is 8.63. The third-order valence-corrected chi connectivity index (χ3v) is 5.54. The van der Waals surface area contributed by atoms with Crippen molar-refractivity contribution in [2.24, 2.45) is 11.3 Å². The molecule has 1 amide bonds. The van der Waals surface area contributed by atoms with Crippen molar-refractivity contribution >= 4 is 5.91 Å². The van der Waals surface area contributed by atoms with Crippen LogP contribution < -0.4 is 5.32 Å². The van der Waals surface area contributed by atoms with Gasteiger partial charge in [-0.3, -0.25) is 4.79 Å². The highest BCUT2D eigenvalue weighted by molar-refractivity contribution is 5.76. The summed E-state index contributed by atoms with van der Waals surface area (Å²) < 4.78 is 0. The lowest BCUT2D eigenvalue weighted by atomic mass is 9.77. The van der Waals surface area contributed by atoms with E-state index in [0.717, 1.165) is 25.7 Å². The van der Waals surface area contributed by atoms with E-state index in [1.54, 1.807) is 0 Å². The Bertz CT molecular complexity index is 487. The minimum atomic E-state index is 0.0145. The molecule has 2 fully saturated rings. The van der Waals surface area contributed by atoms with Crippen LogP contribution in [0.1, 0.15) is 56.4 Å². The van der Waals surface area contributed by atoms with Crippen LogP contribution >= 0.6 is 0 Å². The standard InChI is InChI=1S/C19H27NO2/c21-14-19(10-11-19)13-20-18(22)12-15-6-8-17(9-7-15)16-4-2-1-3-5-16/h1-5,15,17,21H,6-14H2,(H,20,22). The van der Waals surface area contributed by atoms with Gasteiger partial charge < -0.3 is 10.4 Å².